The lowest BCUT2D eigenvalue weighted by molar-refractivity contribution is -0.115. The minimum atomic E-state index is -0.0922. The number of hydrogen-bond acceptors (Lipinski definition) is 3. The van der Waals surface area contributed by atoms with Gasteiger partial charge in [0.1, 0.15) is 5.75 Å². The molecule has 0 unspecified atom stereocenters. The predicted molar refractivity (Wildman–Crippen MR) is 74.4 cm³/mol. The molecule has 0 atom stereocenters. The van der Waals surface area contributed by atoms with Crippen LogP contribution in [-0.2, 0) is 4.79 Å². The Bertz CT molecular complexity index is 408. The monoisotopic (exact) mass is 270 g/mol. The summed E-state index contributed by atoms with van der Waals surface area (Å²) in [5.41, 5.74) is 0.666. The predicted octanol–water partition coefficient (Wildman–Crippen LogP) is 2.68. The first-order valence-corrected chi connectivity index (χ1v) is 6.37. The van der Waals surface area contributed by atoms with Crippen LogP contribution in [0.2, 0.25) is 5.02 Å². The highest BCUT2D eigenvalue weighted by Crippen LogP contribution is 2.28. The lowest BCUT2D eigenvalue weighted by Gasteiger charge is -2.12. The molecule has 100 valence electrons. The summed E-state index contributed by atoms with van der Waals surface area (Å²) in [6.07, 6.45) is 0.0664. The van der Waals surface area contributed by atoms with Crippen molar-refractivity contribution in [2.75, 3.05) is 18.4 Å². The molecule has 0 saturated heterocycles. The summed E-state index contributed by atoms with van der Waals surface area (Å²) in [5.74, 6) is 0.529. The number of carbonyl (C=O) groups is 1. The van der Waals surface area contributed by atoms with E-state index in [9.17, 15) is 4.79 Å². The zero-order valence-corrected chi connectivity index (χ0v) is 11.7. The van der Waals surface area contributed by atoms with E-state index in [1.54, 1.807) is 18.2 Å². The highest BCUT2D eigenvalue weighted by Gasteiger charge is 2.07. The van der Waals surface area contributed by atoms with Crippen molar-refractivity contribution in [1.82, 2.24) is 5.32 Å². The molecule has 1 aromatic rings. The van der Waals surface area contributed by atoms with E-state index in [2.05, 4.69) is 10.6 Å². The minimum Gasteiger partial charge on any atom is -0.489 e. The molecule has 0 spiro atoms. The van der Waals surface area contributed by atoms with E-state index in [1.807, 2.05) is 20.8 Å². The molecule has 0 aliphatic heterocycles. The summed E-state index contributed by atoms with van der Waals surface area (Å²) in [4.78, 5) is 11.5. The van der Waals surface area contributed by atoms with Gasteiger partial charge in [-0.1, -0.05) is 18.5 Å². The number of nitrogens with one attached hydrogen (secondary N) is 2. The summed E-state index contributed by atoms with van der Waals surface area (Å²) in [6, 6.07) is 5.21. The Hall–Kier alpha value is -1.26. The number of anilines is 1. The van der Waals surface area contributed by atoms with Gasteiger partial charge in [-0.25, -0.2) is 0 Å². The molecule has 0 aliphatic rings. The van der Waals surface area contributed by atoms with Crippen LogP contribution in [0.5, 0.6) is 5.75 Å². The molecule has 0 fully saturated rings. The molecular weight excluding hydrogens is 252 g/mol. The number of carbonyl (C=O) groups excluding carboxylic acids is 1. The molecule has 0 bridgehead atoms. The number of likely N-dealkylation sites (N-methyl/N-ethyl adjacent to an activating group) is 1. The van der Waals surface area contributed by atoms with Crippen molar-refractivity contribution in [3.63, 3.8) is 0 Å². The molecule has 0 radical (unpaired) electrons. The van der Waals surface area contributed by atoms with Crippen molar-refractivity contribution in [2.24, 2.45) is 0 Å². The van der Waals surface area contributed by atoms with Gasteiger partial charge >= 0.3 is 0 Å². The molecule has 4 nitrogen and oxygen atoms in total. The van der Waals surface area contributed by atoms with Crippen molar-refractivity contribution in [2.45, 2.75) is 26.9 Å². The molecule has 1 amide bonds. The minimum absolute atomic E-state index is 0.0664. The van der Waals surface area contributed by atoms with Crippen LogP contribution in [0.15, 0.2) is 18.2 Å². The number of ether oxygens (including phenoxy) is 1. The Morgan fingerprint density at radius 2 is 2.17 bits per heavy atom. The van der Waals surface area contributed by atoms with Crippen LogP contribution in [0, 0.1) is 0 Å². The van der Waals surface area contributed by atoms with Crippen LogP contribution in [-0.4, -0.2) is 25.1 Å². The number of hydrogen-bond donors (Lipinski definition) is 2. The van der Waals surface area contributed by atoms with Crippen LogP contribution in [0.3, 0.4) is 0 Å². The van der Waals surface area contributed by atoms with Crippen LogP contribution >= 0.6 is 11.6 Å². The summed E-state index contributed by atoms with van der Waals surface area (Å²) >= 11 is 6.07. The van der Waals surface area contributed by atoms with Crippen LogP contribution in [0.4, 0.5) is 5.69 Å². The summed E-state index contributed by atoms with van der Waals surface area (Å²) in [7, 11) is 0. The van der Waals surface area contributed by atoms with Crippen molar-refractivity contribution in [1.29, 1.82) is 0 Å². The third-order valence-electron chi connectivity index (χ3n) is 2.11. The van der Waals surface area contributed by atoms with E-state index in [4.69, 9.17) is 16.3 Å². The van der Waals surface area contributed by atoms with Gasteiger partial charge in [-0.2, -0.15) is 0 Å². The maximum absolute atomic E-state index is 11.5. The second-order valence-electron chi connectivity index (χ2n) is 4.14. The van der Waals surface area contributed by atoms with Crippen molar-refractivity contribution >= 4 is 23.2 Å². The normalized spacial score (nSPS) is 10.5. The van der Waals surface area contributed by atoms with Gasteiger partial charge in [0.05, 0.1) is 17.7 Å². The van der Waals surface area contributed by atoms with E-state index >= 15 is 0 Å². The fourth-order valence-corrected chi connectivity index (χ4v) is 1.60. The maximum Gasteiger partial charge on any atom is 0.238 e. The number of rotatable bonds is 6. The smallest absolute Gasteiger partial charge is 0.238 e. The summed E-state index contributed by atoms with van der Waals surface area (Å²) in [6.45, 7) is 6.86. The van der Waals surface area contributed by atoms with Gasteiger partial charge < -0.3 is 15.4 Å². The van der Waals surface area contributed by atoms with Crippen molar-refractivity contribution < 1.29 is 9.53 Å². The molecule has 0 saturated carbocycles. The van der Waals surface area contributed by atoms with E-state index in [-0.39, 0.29) is 12.0 Å². The van der Waals surface area contributed by atoms with Crippen molar-refractivity contribution in [3.05, 3.63) is 23.2 Å². The van der Waals surface area contributed by atoms with Gasteiger partial charge in [-0.15, -0.1) is 0 Å². The Balaban J connectivity index is 2.63. The van der Waals surface area contributed by atoms with Gasteiger partial charge in [0.2, 0.25) is 5.91 Å². The molecule has 0 heterocycles. The SMILES string of the molecule is CCNCC(=O)Nc1ccc(OC(C)C)c(Cl)c1. The van der Waals surface area contributed by atoms with Crippen LogP contribution < -0.4 is 15.4 Å². The Morgan fingerprint density at radius 3 is 2.72 bits per heavy atom. The number of amides is 1. The third-order valence-corrected chi connectivity index (χ3v) is 2.41. The molecule has 18 heavy (non-hydrogen) atoms. The van der Waals surface area contributed by atoms with Gasteiger partial charge in [0, 0.05) is 5.69 Å². The van der Waals surface area contributed by atoms with Gasteiger partial charge in [-0.3, -0.25) is 4.79 Å². The molecular formula is C13H19ClN2O2. The van der Waals surface area contributed by atoms with E-state index < -0.39 is 0 Å². The zero-order valence-electron chi connectivity index (χ0n) is 10.9. The average Bonchev–Trinajstić information content (AvgIpc) is 2.29. The Morgan fingerprint density at radius 1 is 1.44 bits per heavy atom. The first-order valence-electron chi connectivity index (χ1n) is 5.99. The Labute approximate surface area is 113 Å². The van der Waals surface area contributed by atoms with Gasteiger partial charge in [0.15, 0.2) is 0 Å². The lowest BCUT2D eigenvalue weighted by atomic mass is 10.3. The quantitative estimate of drug-likeness (QED) is 0.836. The second-order valence-corrected chi connectivity index (χ2v) is 4.55. The number of halogens is 1. The third kappa shape index (κ3) is 4.94. The maximum atomic E-state index is 11.5. The van der Waals surface area contributed by atoms with E-state index in [0.29, 0.717) is 23.0 Å². The zero-order chi connectivity index (χ0) is 13.5. The molecule has 0 aliphatic carbocycles. The Kier molecular flexibility index (Phi) is 5.95. The molecule has 5 heteroatoms. The largest absolute Gasteiger partial charge is 0.489 e. The van der Waals surface area contributed by atoms with Gasteiger partial charge in [-0.05, 0) is 38.6 Å². The van der Waals surface area contributed by atoms with Crippen LogP contribution in [0.1, 0.15) is 20.8 Å². The summed E-state index contributed by atoms with van der Waals surface area (Å²) in [5, 5.41) is 6.20. The topological polar surface area (TPSA) is 50.4 Å². The van der Waals surface area contributed by atoms with E-state index in [0.717, 1.165) is 6.54 Å². The molecule has 0 aromatic heterocycles. The molecule has 1 aromatic carbocycles. The fourth-order valence-electron chi connectivity index (χ4n) is 1.37. The van der Waals surface area contributed by atoms with Crippen LogP contribution in [0.25, 0.3) is 0 Å². The lowest BCUT2D eigenvalue weighted by Crippen LogP contribution is -2.27. The van der Waals surface area contributed by atoms with E-state index in [1.165, 1.54) is 0 Å². The van der Waals surface area contributed by atoms with Gasteiger partial charge in [0.25, 0.3) is 0 Å². The first kappa shape index (κ1) is 14.8. The first-order chi connectivity index (χ1) is 8.52. The average molecular weight is 271 g/mol. The molecule has 1 rings (SSSR count). The summed E-state index contributed by atoms with van der Waals surface area (Å²) < 4.78 is 5.51. The highest BCUT2D eigenvalue weighted by molar-refractivity contribution is 6.32. The highest BCUT2D eigenvalue weighted by atomic mass is 35.5. The standard InChI is InChI=1S/C13H19ClN2O2/c1-4-15-8-13(17)16-10-5-6-12(11(14)7-10)18-9(2)3/h5-7,9,15H,4,8H2,1-3H3,(H,16,17). The molecule has 2 N–H and O–H groups in total. The number of benzene rings is 1. The second kappa shape index (κ2) is 7.24. The van der Waals surface area contributed by atoms with Crippen molar-refractivity contribution in [3.8, 4) is 5.75 Å². The fraction of sp³-hybridized carbons (Fsp3) is 0.462.